The van der Waals surface area contributed by atoms with Gasteiger partial charge in [-0.15, -0.1) is 0 Å². The van der Waals surface area contributed by atoms with Crippen molar-refractivity contribution < 1.29 is 9.59 Å². The van der Waals surface area contributed by atoms with Crippen molar-refractivity contribution in [1.82, 2.24) is 15.2 Å². The minimum atomic E-state index is -0.541. The molecule has 3 rings (SSSR count). The van der Waals surface area contributed by atoms with Gasteiger partial charge in [0.05, 0.1) is 15.6 Å². The second-order valence-electron chi connectivity index (χ2n) is 4.70. The number of halogens is 2. The van der Waals surface area contributed by atoms with Crippen molar-refractivity contribution in [3.8, 4) is 0 Å². The van der Waals surface area contributed by atoms with Gasteiger partial charge in [-0.25, -0.2) is 4.79 Å². The number of nitrogens with zero attached hydrogens (tertiary/aromatic N) is 1. The number of aromatic nitrogens is 1. The number of carbonyl (C=O) groups is 2. The number of carbonyl (C=O) groups excluding carboxylic acids is 2. The summed E-state index contributed by atoms with van der Waals surface area (Å²) in [6, 6.07) is 2.65. The smallest absolute Gasteiger partial charge is 0.324 e. The highest BCUT2D eigenvalue weighted by Crippen LogP contribution is 2.32. The number of rotatable bonds is 2. The molecule has 1 aromatic heterocycles. The first-order valence-corrected chi connectivity index (χ1v) is 6.76. The molecular weight excluding hydrogens is 313 g/mol. The van der Waals surface area contributed by atoms with Gasteiger partial charge in [0.2, 0.25) is 0 Å². The molecule has 0 aliphatic carbocycles. The van der Waals surface area contributed by atoms with E-state index in [2.05, 4.69) is 10.3 Å². The lowest BCUT2D eigenvalue weighted by Gasteiger charge is -2.07. The highest BCUT2D eigenvalue weighted by Gasteiger charge is 2.35. The number of amides is 3. The number of nitrogens with one attached hydrogen (secondary N) is 2. The highest BCUT2D eigenvalue weighted by molar-refractivity contribution is 6.45. The number of benzene rings is 1. The summed E-state index contributed by atoms with van der Waals surface area (Å²) in [5, 5.41) is 4.47. The Labute approximate surface area is 132 Å². The van der Waals surface area contributed by atoms with Gasteiger partial charge < -0.3 is 10.3 Å². The second-order valence-corrected chi connectivity index (χ2v) is 5.49. The zero-order valence-electron chi connectivity index (χ0n) is 10.5. The molecule has 2 heterocycles. The van der Waals surface area contributed by atoms with Gasteiger partial charge in [0.1, 0.15) is 6.04 Å². The van der Waals surface area contributed by atoms with Crippen molar-refractivity contribution in [2.45, 2.75) is 19.9 Å². The average molecular weight is 328 g/mol. The van der Waals surface area contributed by atoms with E-state index < -0.39 is 6.04 Å². The minimum absolute atomic E-state index is 0. The van der Waals surface area contributed by atoms with Crippen LogP contribution in [-0.4, -0.2) is 34.9 Å². The maximum atomic E-state index is 11.9. The standard InChI is InChI=1S/C13H11Cl2N3O2.CH4/c1-18-12(19)9(17-13(18)20)4-6-5-16-11-7(6)2-3-8(14)10(11)15;/h2-3,5,9,16H,4H2,1H3,(H,17,20);1H4/t9-;/m1./s1. The number of urea groups is 1. The Morgan fingerprint density at radius 1 is 1.29 bits per heavy atom. The molecule has 1 aliphatic rings. The highest BCUT2D eigenvalue weighted by atomic mass is 35.5. The van der Waals surface area contributed by atoms with E-state index in [9.17, 15) is 9.59 Å². The van der Waals surface area contributed by atoms with Gasteiger partial charge in [-0.1, -0.05) is 36.7 Å². The van der Waals surface area contributed by atoms with Crippen molar-refractivity contribution in [2.24, 2.45) is 0 Å². The van der Waals surface area contributed by atoms with Crippen LogP contribution in [0.2, 0.25) is 10.0 Å². The van der Waals surface area contributed by atoms with E-state index in [1.165, 1.54) is 7.05 Å². The Kier molecular flexibility index (Phi) is 4.16. The molecule has 0 spiro atoms. The summed E-state index contributed by atoms with van der Waals surface area (Å²) in [5.74, 6) is -0.232. The molecule has 1 atom stereocenters. The Balaban J connectivity index is 0.00000161. The molecule has 1 saturated heterocycles. The first-order chi connectivity index (χ1) is 9.49. The summed E-state index contributed by atoms with van der Waals surface area (Å²) < 4.78 is 0. The van der Waals surface area contributed by atoms with Crippen molar-refractivity contribution >= 4 is 46.0 Å². The predicted octanol–water partition coefficient (Wildman–Crippen LogP) is 3.20. The van der Waals surface area contributed by atoms with E-state index in [-0.39, 0.29) is 19.4 Å². The van der Waals surface area contributed by atoms with Crippen LogP contribution in [0.5, 0.6) is 0 Å². The van der Waals surface area contributed by atoms with E-state index in [1.54, 1.807) is 12.3 Å². The van der Waals surface area contributed by atoms with Gasteiger partial charge in [-0.3, -0.25) is 9.69 Å². The first kappa shape index (κ1) is 15.7. The molecule has 1 aromatic carbocycles. The average Bonchev–Trinajstić information content (AvgIpc) is 2.93. The Bertz CT molecular complexity index is 726. The van der Waals surface area contributed by atoms with Crippen LogP contribution in [0.3, 0.4) is 0 Å². The van der Waals surface area contributed by atoms with Crippen LogP contribution in [0.15, 0.2) is 18.3 Å². The molecule has 1 fully saturated rings. The molecule has 0 bridgehead atoms. The zero-order valence-corrected chi connectivity index (χ0v) is 12.0. The summed E-state index contributed by atoms with van der Waals surface area (Å²) in [6.45, 7) is 0. The molecular formula is C14H15Cl2N3O2. The second kappa shape index (κ2) is 5.58. The van der Waals surface area contributed by atoms with Crippen LogP contribution < -0.4 is 5.32 Å². The van der Waals surface area contributed by atoms with Gasteiger partial charge in [0, 0.05) is 25.1 Å². The van der Waals surface area contributed by atoms with E-state index in [4.69, 9.17) is 23.2 Å². The van der Waals surface area contributed by atoms with Crippen LogP contribution in [0.25, 0.3) is 10.9 Å². The third-order valence-corrected chi connectivity index (χ3v) is 4.29. The quantitative estimate of drug-likeness (QED) is 0.832. The molecule has 7 heteroatoms. The van der Waals surface area contributed by atoms with E-state index in [0.29, 0.717) is 16.5 Å². The van der Waals surface area contributed by atoms with Gasteiger partial charge in [-0.2, -0.15) is 0 Å². The summed E-state index contributed by atoms with van der Waals surface area (Å²) in [5.41, 5.74) is 1.65. The largest absolute Gasteiger partial charge is 0.360 e. The van der Waals surface area contributed by atoms with E-state index in [1.807, 2.05) is 6.07 Å². The monoisotopic (exact) mass is 327 g/mol. The first-order valence-electron chi connectivity index (χ1n) is 6.01. The summed E-state index contributed by atoms with van der Waals surface area (Å²) in [4.78, 5) is 27.5. The Morgan fingerprint density at radius 2 is 2.00 bits per heavy atom. The number of H-pyrrole nitrogens is 1. The summed E-state index contributed by atoms with van der Waals surface area (Å²) >= 11 is 12.1. The summed E-state index contributed by atoms with van der Waals surface area (Å²) in [6.07, 6.45) is 2.19. The van der Waals surface area contributed by atoms with E-state index in [0.717, 1.165) is 21.4 Å². The van der Waals surface area contributed by atoms with Crippen LogP contribution in [-0.2, 0) is 11.2 Å². The maximum absolute atomic E-state index is 11.9. The fourth-order valence-corrected chi connectivity index (χ4v) is 2.74. The number of imide groups is 1. The van der Waals surface area contributed by atoms with Crippen LogP contribution >= 0.6 is 23.2 Å². The molecule has 112 valence electrons. The number of likely N-dealkylation sites (N-methyl/N-ethyl adjacent to an activating group) is 1. The van der Waals surface area contributed by atoms with Crippen LogP contribution in [0.1, 0.15) is 13.0 Å². The molecule has 1 aliphatic heterocycles. The van der Waals surface area contributed by atoms with Crippen molar-refractivity contribution in [1.29, 1.82) is 0 Å². The van der Waals surface area contributed by atoms with Crippen LogP contribution in [0, 0.1) is 0 Å². The van der Waals surface area contributed by atoms with Gasteiger partial charge in [0.25, 0.3) is 5.91 Å². The van der Waals surface area contributed by atoms with Gasteiger partial charge in [0.15, 0.2) is 0 Å². The third-order valence-electron chi connectivity index (χ3n) is 3.49. The molecule has 0 radical (unpaired) electrons. The Hall–Kier alpha value is -1.72. The molecule has 5 nitrogen and oxygen atoms in total. The van der Waals surface area contributed by atoms with E-state index >= 15 is 0 Å². The number of fused-ring (bicyclic) bond motifs is 1. The Morgan fingerprint density at radius 3 is 2.62 bits per heavy atom. The lowest BCUT2D eigenvalue weighted by Crippen LogP contribution is -2.31. The normalized spacial score (nSPS) is 18.0. The topological polar surface area (TPSA) is 65.2 Å². The molecule has 21 heavy (non-hydrogen) atoms. The maximum Gasteiger partial charge on any atom is 0.324 e. The number of aromatic amines is 1. The fourth-order valence-electron chi connectivity index (χ4n) is 2.36. The van der Waals surface area contributed by atoms with Crippen LogP contribution in [0.4, 0.5) is 4.79 Å². The predicted molar refractivity (Wildman–Crippen MR) is 83.8 cm³/mol. The van der Waals surface area contributed by atoms with Crippen molar-refractivity contribution in [3.05, 3.63) is 33.9 Å². The zero-order chi connectivity index (χ0) is 14.4. The molecule has 2 aromatic rings. The number of hydrogen-bond donors (Lipinski definition) is 2. The molecule has 2 N–H and O–H groups in total. The SMILES string of the molecule is C.CN1C(=O)N[C@H](Cc2c[nH]c3c(Cl)c(Cl)ccc23)C1=O. The van der Waals surface area contributed by atoms with Crippen molar-refractivity contribution in [2.75, 3.05) is 7.05 Å². The van der Waals surface area contributed by atoms with Gasteiger partial charge >= 0.3 is 6.03 Å². The lowest BCUT2D eigenvalue weighted by atomic mass is 10.1. The fraction of sp³-hybridized carbons (Fsp3) is 0.286. The molecule has 0 unspecified atom stereocenters. The van der Waals surface area contributed by atoms with Gasteiger partial charge in [-0.05, 0) is 11.6 Å². The molecule has 3 amide bonds. The lowest BCUT2D eigenvalue weighted by molar-refractivity contribution is -0.126. The number of hydrogen-bond acceptors (Lipinski definition) is 2. The summed E-state index contributed by atoms with van der Waals surface area (Å²) in [7, 11) is 1.46. The molecule has 0 saturated carbocycles. The third kappa shape index (κ3) is 2.47. The van der Waals surface area contributed by atoms with Crippen molar-refractivity contribution in [3.63, 3.8) is 0 Å². The minimum Gasteiger partial charge on any atom is -0.360 e.